The van der Waals surface area contributed by atoms with Crippen LogP contribution in [0.15, 0.2) is 54.7 Å². The molecule has 0 amide bonds. The highest BCUT2D eigenvalue weighted by molar-refractivity contribution is 5.87. The smallest absolute Gasteiger partial charge is 0.310 e. The number of H-pyrrole nitrogens is 1. The summed E-state index contributed by atoms with van der Waals surface area (Å²) in [5.74, 6) is -0.299. The van der Waals surface area contributed by atoms with Gasteiger partial charge in [0.25, 0.3) is 5.69 Å². The highest BCUT2D eigenvalue weighted by Crippen LogP contribution is 2.23. The fourth-order valence-electron chi connectivity index (χ4n) is 1.84. The molecule has 2 N–H and O–H groups in total. The first-order valence-electron chi connectivity index (χ1n) is 6.13. The molecule has 1 aromatic heterocycles. The Morgan fingerprint density at radius 2 is 1.50 bits per heavy atom. The number of nitrogens with zero attached hydrogens (tertiary/aromatic N) is 2. The van der Waals surface area contributed by atoms with Crippen molar-refractivity contribution in [1.82, 2.24) is 4.98 Å². The Morgan fingerprint density at radius 3 is 2.09 bits per heavy atom. The Hall–Kier alpha value is -3.42. The summed E-state index contributed by atoms with van der Waals surface area (Å²) in [4.78, 5) is 22.4. The molecule has 0 saturated heterocycles. The largest absolute Gasteiger partial charge is 0.502 e. The van der Waals surface area contributed by atoms with Gasteiger partial charge in [-0.1, -0.05) is 24.3 Å². The number of hydrogen-bond donors (Lipinski definition) is 2. The van der Waals surface area contributed by atoms with Crippen molar-refractivity contribution in [1.29, 1.82) is 0 Å². The van der Waals surface area contributed by atoms with Crippen LogP contribution in [0.4, 0.5) is 11.4 Å². The van der Waals surface area contributed by atoms with Crippen molar-refractivity contribution in [2.24, 2.45) is 0 Å². The number of nitro benzene ring substituents is 2. The standard InChI is InChI=1S/C8H6N2O2.C6H5NO3/c11-10(12)7-3-1-2-6-4-5-9-8(6)7;8-6-4-2-1-3-5(6)7(9)10/h1-5,9H;1-4,8H. The topological polar surface area (TPSA) is 122 Å². The molecule has 0 aliphatic carbocycles. The molecule has 0 saturated carbocycles. The van der Waals surface area contributed by atoms with E-state index in [2.05, 4.69) is 4.98 Å². The lowest BCUT2D eigenvalue weighted by atomic mass is 10.2. The van der Waals surface area contributed by atoms with E-state index in [4.69, 9.17) is 5.11 Å². The van der Waals surface area contributed by atoms with Gasteiger partial charge in [0, 0.05) is 23.7 Å². The number of phenols is 1. The van der Waals surface area contributed by atoms with Gasteiger partial charge in [0.05, 0.1) is 9.85 Å². The maximum atomic E-state index is 10.5. The number of aromatic amines is 1. The lowest BCUT2D eigenvalue weighted by molar-refractivity contribution is -0.385. The lowest BCUT2D eigenvalue weighted by Crippen LogP contribution is -1.88. The molecule has 2 aromatic carbocycles. The molecule has 0 fully saturated rings. The summed E-state index contributed by atoms with van der Waals surface area (Å²) in [7, 11) is 0. The van der Waals surface area contributed by atoms with Gasteiger partial charge in [0.2, 0.25) is 0 Å². The predicted octanol–water partition coefficient (Wildman–Crippen LogP) is 3.38. The van der Waals surface area contributed by atoms with Crippen LogP contribution in [0, 0.1) is 20.2 Å². The van der Waals surface area contributed by atoms with Gasteiger partial charge < -0.3 is 10.1 Å². The number of aromatic hydroxyl groups is 1. The van der Waals surface area contributed by atoms with Gasteiger partial charge in [-0.15, -0.1) is 0 Å². The number of rotatable bonds is 2. The molecule has 0 bridgehead atoms. The van der Waals surface area contributed by atoms with Gasteiger partial charge in [0.15, 0.2) is 5.75 Å². The van der Waals surface area contributed by atoms with Gasteiger partial charge in [-0.05, 0) is 12.1 Å². The van der Waals surface area contributed by atoms with Crippen LogP contribution in [-0.2, 0) is 0 Å². The van der Waals surface area contributed by atoms with Crippen LogP contribution in [0.2, 0.25) is 0 Å². The normalized spacial score (nSPS) is 9.82. The summed E-state index contributed by atoms with van der Waals surface area (Å²) in [5, 5.41) is 30.3. The summed E-state index contributed by atoms with van der Waals surface area (Å²) in [6.07, 6.45) is 1.69. The maximum Gasteiger partial charge on any atom is 0.310 e. The molecule has 8 heteroatoms. The summed E-state index contributed by atoms with van der Waals surface area (Å²) >= 11 is 0. The Balaban J connectivity index is 0.000000164. The van der Waals surface area contributed by atoms with E-state index < -0.39 is 9.85 Å². The second-order valence-corrected chi connectivity index (χ2v) is 4.22. The Bertz CT molecular complexity index is 828. The average Bonchev–Trinajstić information content (AvgIpc) is 2.96. The van der Waals surface area contributed by atoms with Crippen molar-refractivity contribution in [2.45, 2.75) is 0 Å². The molecule has 0 aliphatic heterocycles. The Labute approximate surface area is 123 Å². The number of nitrogens with one attached hydrogen (secondary N) is 1. The second kappa shape index (κ2) is 6.35. The molecule has 0 atom stereocenters. The molecular formula is C14H11N3O5. The summed E-state index contributed by atoms with van der Waals surface area (Å²) in [5.41, 5.74) is 0.447. The van der Waals surface area contributed by atoms with E-state index in [-0.39, 0.29) is 17.1 Å². The van der Waals surface area contributed by atoms with E-state index in [9.17, 15) is 20.2 Å². The maximum absolute atomic E-state index is 10.5. The molecule has 3 rings (SSSR count). The number of phenolic OH excluding ortho intramolecular Hbond substituents is 1. The fourth-order valence-corrected chi connectivity index (χ4v) is 1.84. The van der Waals surface area contributed by atoms with Crippen LogP contribution in [-0.4, -0.2) is 19.9 Å². The van der Waals surface area contributed by atoms with Gasteiger partial charge in [-0.3, -0.25) is 20.2 Å². The minimum Gasteiger partial charge on any atom is -0.502 e. The summed E-state index contributed by atoms with van der Waals surface area (Å²) < 4.78 is 0. The van der Waals surface area contributed by atoms with Crippen LogP contribution in [0.25, 0.3) is 10.9 Å². The molecule has 0 radical (unpaired) electrons. The monoisotopic (exact) mass is 301 g/mol. The molecule has 22 heavy (non-hydrogen) atoms. The zero-order valence-electron chi connectivity index (χ0n) is 11.2. The molecule has 112 valence electrons. The molecule has 0 aliphatic rings. The molecule has 3 aromatic rings. The Kier molecular flexibility index (Phi) is 4.33. The van der Waals surface area contributed by atoms with Crippen LogP contribution in [0.1, 0.15) is 0 Å². The van der Waals surface area contributed by atoms with Crippen LogP contribution in [0.5, 0.6) is 5.75 Å². The molecular weight excluding hydrogens is 290 g/mol. The van der Waals surface area contributed by atoms with Crippen molar-refractivity contribution in [2.75, 3.05) is 0 Å². The number of benzene rings is 2. The third-order valence-corrected chi connectivity index (χ3v) is 2.84. The van der Waals surface area contributed by atoms with E-state index in [1.807, 2.05) is 12.1 Å². The first-order valence-corrected chi connectivity index (χ1v) is 6.13. The van der Waals surface area contributed by atoms with Crippen molar-refractivity contribution >= 4 is 22.3 Å². The van der Waals surface area contributed by atoms with Crippen molar-refractivity contribution in [3.8, 4) is 5.75 Å². The van der Waals surface area contributed by atoms with Crippen LogP contribution in [0.3, 0.4) is 0 Å². The molecule has 1 heterocycles. The van der Waals surface area contributed by atoms with E-state index in [1.165, 1.54) is 30.3 Å². The minimum atomic E-state index is -0.630. The van der Waals surface area contributed by atoms with Crippen molar-refractivity contribution in [3.05, 3.63) is 75.0 Å². The minimum absolute atomic E-state index is 0.123. The fraction of sp³-hybridized carbons (Fsp3) is 0. The molecule has 0 unspecified atom stereocenters. The van der Waals surface area contributed by atoms with Crippen molar-refractivity contribution in [3.63, 3.8) is 0 Å². The second-order valence-electron chi connectivity index (χ2n) is 4.22. The number of aromatic nitrogens is 1. The van der Waals surface area contributed by atoms with E-state index in [1.54, 1.807) is 12.3 Å². The van der Waals surface area contributed by atoms with Gasteiger partial charge in [-0.25, -0.2) is 0 Å². The van der Waals surface area contributed by atoms with E-state index in [0.717, 1.165) is 5.39 Å². The summed E-state index contributed by atoms with van der Waals surface area (Å²) in [6, 6.07) is 12.3. The lowest BCUT2D eigenvalue weighted by Gasteiger charge is -1.91. The molecule has 0 spiro atoms. The van der Waals surface area contributed by atoms with Crippen LogP contribution < -0.4 is 0 Å². The number of para-hydroxylation sites is 3. The van der Waals surface area contributed by atoms with Gasteiger partial charge in [-0.2, -0.15) is 0 Å². The third kappa shape index (κ3) is 3.18. The number of fused-ring (bicyclic) bond motifs is 1. The number of nitro groups is 2. The highest BCUT2D eigenvalue weighted by Gasteiger charge is 2.10. The van der Waals surface area contributed by atoms with Gasteiger partial charge >= 0.3 is 5.69 Å². The first kappa shape index (κ1) is 15.0. The summed E-state index contributed by atoms with van der Waals surface area (Å²) in [6.45, 7) is 0. The number of non-ortho nitro benzene ring substituents is 1. The van der Waals surface area contributed by atoms with Gasteiger partial charge in [0.1, 0.15) is 5.52 Å². The van der Waals surface area contributed by atoms with Crippen LogP contribution >= 0.6 is 0 Å². The predicted molar refractivity (Wildman–Crippen MR) is 79.7 cm³/mol. The van der Waals surface area contributed by atoms with E-state index in [0.29, 0.717) is 5.52 Å². The zero-order chi connectivity index (χ0) is 16.1. The zero-order valence-corrected chi connectivity index (χ0v) is 11.2. The quantitative estimate of drug-likeness (QED) is 0.555. The molecule has 8 nitrogen and oxygen atoms in total. The Morgan fingerprint density at radius 1 is 0.864 bits per heavy atom. The van der Waals surface area contributed by atoms with Crippen molar-refractivity contribution < 1.29 is 15.0 Å². The number of hydrogen-bond acceptors (Lipinski definition) is 5. The highest BCUT2D eigenvalue weighted by atomic mass is 16.6. The van der Waals surface area contributed by atoms with E-state index >= 15 is 0 Å². The SMILES string of the molecule is O=[N+]([O-])c1cccc2cc[nH]c12.O=[N+]([O-])c1ccccc1O. The first-order chi connectivity index (χ1) is 10.5. The average molecular weight is 301 g/mol. The third-order valence-electron chi connectivity index (χ3n) is 2.84.